The Bertz CT molecular complexity index is 576. The molecule has 2 heterocycles. The summed E-state index contributed by atoms with van der Waals surface area (Å²) in [7, 11) is 0. The lowest BCUT2D eigenvalue weighted by atomic mass is 10.2. The highest BCUT2D eigenvalue weighted by Gasteiger charge is 2.21. The van der Waals surface area contributed by atoms with Gasteiger partial charge < -0.3 is 10.6 Å². The van der Waals surface area contributed by atoms with E-state index in [0.29, 0.717) is 6.54 Å². The number of carbonyl (C=O) groups is 1. The Morgan fingerprint density at radius 3 is 3.00 bits per heavy atom. The fourth-order valence-electron chi connectivity index (χ4n) is 2.33. The van der Waals surface area contributed by atoms with Crippen molar-refractivity contribution in [2.24, 2.45) is 0 Å². The first-order chi connectivity index (χ1) is 9.83. The molecule has 0 aliphatic carbocycles. The van der Waals surface area contributed by atoms with Gasteiger partial charge in [0.2, 0.25) is 5.91 Å². The van der Waals surface area contributed by atoms with Crippen LogP contribution >= 0.6 is 11.3 Å². The van der Waals surface area contributed by atoms with Gasteiger partial charge in [-0.1, -0.05) is 30.3 Å². The first kappa shape index (κ1) is 13.3. The summed E-state index contributed by atoms with van der Waals surface area (Å²) in [6.07, 6.45) is 2.01. The molecule has 1 aromatic carbocycles. The molecule has 5 heteroatoms. The normalized spacial score (nSPS) is 18.1. The molecule has 4 nitrogen and oxygen atoms in total. The lowest BCUT2D eigenvalue weighted by molar-refractivity contribution is -0.122. The number of thiazole rings is 1. The molecule has 1 atom stereocenters. The van der Waals surface area contributed by atoms with Gasteiger partial charge in [0.1, 0.15) is 5.01 Å². The van der Waals surface area contributed by atoms with Crippen molar-refractivity contribution < 1.29 is 4.79 Å². The van der Waals surface area contributed by atoms with Crippen molar-refractivity contribution in [3.05, 3.63) is 40.7 Å². The molecular formula is C15H17N3OS. The predicted molar refractivity (Wildman–Crippen MR) is 80.4 cm³/mol. The Hall–Kier alpha value is -1.72. The van der Waals surface area contributed by atoms with Crippen molar-refractivity contribution in [1.29, 1.82) is 0 Å². The average molecular weight is 287 g/mol. The van der Waals surface area contributed by atoms with Crippen LogP contribution in [-0.2, 0) is 11.3 Å². The number of carbonyl (C=O) groups excluding carboxylic acids is 1. The lowest BCUT2D eigenvalue weighted by Gasteiger charge is -2.09. The van der Waals surface area contributed by atoms with Crippen LogP contribution in [0.1, 0.15) is 17.8 Å². The van der Waals surface area contributed by atoms with Gasteiger partial charge in [0.15, 0.2) is 0 Å². The first-order valence-electron chi connectivity index (χ1n) is 6.84. The predicted octanol–water partition coefficient (Wildman–Crippen LogP) is 2.18. The molecule has 1 fully saturated rings. The first-order valence-corrected chi connectivity index (χ1v) is 7.72. The molecule has 1 aliphatic rings. The summed E-state index contributed by atoms with van der Waals surface area (Å²) < 4.78 is 0. The minimum Gasteiger partial charge on any atom is -0.348 e. The minimum atomic E-state index is -0.0245. The van der Waals surface area contributed by atoms with Crippen LogP contribution in [0, 0.1) is 0 Å². The molecule has 20 heavy (non-hydrogen) atoms. The van der Waals surface area contributed by atoms with Gasteiger partial charge in [-0.25, -0.2) is 4.98 Å². The molecule has 0 bridgehead atoms. The number of hydrogen-bond acceptors (Lipinski definition) is 4. The summed E-state index contributed by atoms with van der Waals surface area (Å²) in [5.41, 5.74) is 2.08. The molecule has 0 saturated carbocycles. The van der Waals surface area contributed by atoms with Crippen molar-refractivity contribution >= 4 is 17.2 Å². The van der Waals surface area contributed by atoms with Gasteiger partial charge >= 0.3 is 0 Å². The quantitative estimate of drug-likeness (QED) is 0.906. The van der Waals surface area contributed by atoms with E-state index in [9.17, 15) is 4.79 Å². The largest absolute Gasteiger partial charge is 0.348 e. The molecule has 104 valence electrons. The summed E-state index contributed by atoms with van der Waals surface area (Å²) >= 11 is 1.58. The SMILES string of the molecule is O=C(NCc1nc(-c2ccccc2)cs1)[C@@H]1CCCN1. The number of hydrogen-bond donors (Lipinski definition) is 2. The Morgan fingerprint density at radius 2 is 2.25 bits per heavy atom. The third kappa shape index (κ3) is 3.05. The van der Waals surface area contributed by atoms with E-state index in [1.807, 2.05) is 35.7 Å². The van der Waals surface area contributed by atoms with Crippen LogP contribution < -0.4 is 10.6 Å². The zero-order valence-corrected chi connectivity index (χ0v) is 12.0. The van der Waals surface area contributed by atoms with E-state index in [2.05, 4.69) is 15.6 Å². The third-order valence-electron chi connectivity index (χ3n) is 3.41. The Kier molecular flexibility index (Phi) is 4.08. The molecular weight excluding hydrogens is 270 g/mol. The molecule has 1 saturated heterocycles. The number of aromatic nitrogens is 1. The number of nitrogens with one attached hydrogen (secondary N) is 2. The molecule has 1 amide bonds. The van der Waals surface area contributed by atoms with Crippen molar-refractivity contribution in [3.63, 3.8) is 0 Å². The number of rotatable bonds is 4. The monoisotopic (exact) mass is 287 g/mol. The number of nitrogens with zero attached hydrogens (tertiary/aromatic N) is 1. The lowest BCUT2D eigenvalue weighted by Crippen LogP contribution is -2.39. The maximum Gasteiger partial charge on any atom is 0.237 e. The van der Waals surface area contributed by atoms with Gasteiger partial charge in [-0.3, -0.25) is 4.79 Å². The fraction of sp³-hybridized carbons (Fsp3) is 0.333. The highest BCUT2D eigenvalue weighted by atomic mass is 32.1. The zero-order chi connectivity index (χ0) is 13.8. The van der Waals surface area contributed by atoms with E-state index in [1.165, 1.54) is 0 Å². The minimum absolute atomic E-state index is 0.0245. The maximum atomic E-state index is 11.9. The van der Waals surface area contributed by atoms with Crippen LogP contribution in [0.4, 0.5) is 0 Å². The van der Waals surface area contributed by atoms with Crippen LogP contribution in [0.25, 0.3) is 11.3 Å². The average Bonchev–Trinajstić information content (AvgIpc) is 3.17. The van der Waals surface area contributed by atoms with Gasteiger partial charge in [0, 0.05) is 10.9 Å². The second kappa shape index (κ2) is 6.15. The Morgan fingerprint density at radius 1 is 1.40 bits per heavy atom. The van der Waals surface area contributed by atoms with E-state index < -0.39 is 0 Å². The molecule has 0 radical (unpaired) electrons. The highest BCUT2D eigenvalue weighted by molar-refractivity contribution is 7.09. The van der Waals surface area contributed by atoms with Gasteiger partial charge in [0.05, 0.1) is 18.3 Å². The van der Waals surface area contributed by atoms with E-state index in [4.69, 9.17) is 0 Å². The second-order valence-corrected chi connectivity index (χ2v) is 5.80. The third-order valence-corrected chi connectivity index (χ3v) is 4.26. The number of benzene rings is 1. The standard InChI is InChI=1S/C15H17N3OS/c19-15(12-7-4-8-16-12)17-9-14-18-13(10-20-14)11-5-2-1-3-6-11/h1-3,5-6,10,12,16H,4,7-9H2,(H,17,19)/t12-/m0/s1. The van der Waals surface area contributed by atoms with Crippen molar-refractivity contribution in [2.75, 3.05) is 6.54 Å². The maximum absolute atomic E-state index is 11.9. The molecule has 1 aromatic heterocycles. The highest BCUT2D eigenvalue weighted by Crippen LogP contribution is 2.21. The summed E-state index contributed by atoms with van der Waals surface area (Å²) in [6, 6.07) is 10.1. The molecule has 3 rings (SSSR count). The van der Waals surface area contributed by atoms with Crippen molar-refractivity contribution in [2.45, 2.75) is 25.4 Å². The van der Waals surface area contributed by atoms with Crippen LogP contribution in [0.2, 0.25) is 0 Å². The van der Waals surface area contributed by atoms with Crippen LogP contribution in [0.3, 0.4) is 0 Å². The molecule has 2 aromatic rings. The fourth-order valence-corrected chi connectivity index (χ4v) is 3.07. The van der Waals surface area contributed by atoms with Crippen molar-refractivity contribution in [3.8, 4) is 11.3 Å². The van der Waals surface area contributed by atoms with Crippen LogP contribution in [-0.4, -0.2) is 23.5 Å². The van der Waals surface area contributed by atoms with Gasteiger partial charge in [-0.15, -0.1) is 11.3 Å². The van der Waals surface area contributed by atoms with Crippen LogP contribution in [0.5, 0.6) is 0 Å². The van der Waals surface area contributed by atoms with Gasteiger partial charge in [-0.2, -0.15) is 0 Å². The van der Waals surface area contributed by atoms with E-state index in [-0.39, 0.29) is 11.9 Å². The van der Waals surface area contributed by atoms with Crippen molar-refractivity contribution in [1.82, 2.24) is 15.6 Å². The van der Waals surface area contributed by atoms with E-state index in [1.54, 1.807) is 11.3 Å². The number of amides is 1. The summed E-state index contributed by atoms with van der Waals surface area (Å²) in [5.74, 6) is 0.0824. The summed E-state index contributed by atoms with van der Waals surface area (Å²) in [4.78, 5) is 16.5. The molecule has 2 N–H and O–H groups in total. The van der Waals surface area contributed by atoms with Gasteiger partial charge in [0.25, 0.3) is 0 Å². The van der Waals surface area contributed by atoms with Gasteiger partial charge in [-0.05, 0) is 19.4 Å². The topological polar surface area (TPSA) is 54.0 Å². The Labute approximate surface area is 122 Å². The zero-order valence-electron chi connectivity index (χ0n) is 11.1. The smallest absolute Gasteiger partial charge is 0.237 e. The molecule has 0 spiro atoms. The second-order valence-electron chi connectivity index (χ2n) is 4.86. The molecule has 1 aliphatic heterocycles. The van der Waals surface area contributed by atoms with Crippen LogP contribution in [0.15, 0.2) is 35.7 Å². The summed E-state index contributed by atoms with van der Waals surface area (Å²) in [5, 5.41) is 9.12. The summed E-state index contributed by atoms with van der Waals surface area (Å²) in [6.45, 7) is 1.45. The molecule has 0 unspecified atom stereocenters. The van der Waals surface area contributed by atoms with E-state index in [0.717, 1.165) is 35.7 Å². The van der Waals surface area contributed by atoms with E-state index >= 15 is 0 Å². The Balaban J connectivity index is 1.59.